The van der Waals surface area contributed by atoms with Gasteiger partial charge in [-0.1, -0.05) is 48.3 Å². The summed E-state index contributed by atoms with van der Waals surface area (Å²) in [6, 6.07) is 1.88. The van der Waals surface area contributed by atoms with Crippen molar-refractivity contribution in [3.05, 3.63) is 26.7 Å². The fourth-order valence-electron chi connectivity index (χ4n) is 3.54. The molecule has 1 aromatic rings. The zero-order valence-electron chi connectivity index (χ0n) is 17.0. The van der Waals surface area contributed by atoms with Gasteiger partial charge in [0.1, 0.15) is 0 Å². The molecule has 2 atom stereocenters. The topological polar surface area (TPSA) is 38.8 Å². The van der Waals surface area contributed by atoms with Crippen LogP contribution in [0, 0.1) is 6.92 Å². The summed E-state index contributed by atoms with van der Waals surface area (Å²) in [5.41, 5.74) is 1.42. The highest BCUT2D eigenvalue weighted by atomic mass is 79.9. The van der Waals surface area contributed by atoms with Crippen LogP contribution in [-0.2, 0) is 4.43 Å². The number of carbonyl (C=O) groups excluding carboxylic acids is 1. The molecule has 0 aromatic heterocycles. The van der Waals surface area contributed by atoms with Crippen LogP contribution in [-0.4, -0.2) is 38.0 Å². The quantitative estimate of drug-likeness (QED) is 0.493. The monoisotopic (exact) mass is 473 g/mol. The van der Waals surface area contributed by atoms with Gasteiger partial charge in [-0.05, 0) is 55.9 Å². The molecule has 1 saturated carbocycles. The molecule has 1 aromatic carbocycles. The summed E-state index contributed by atoms with van der Waals surface area (Å²) in [5.74, 6) is 0.480. The zero-order valence-corrected chi connectivity index (χ0v) is 20.3. The van der Waals surface area contributed by atoms with E-state index in [2.05, 4.69) is 49.8 Å². The minimum Gasteiger partial charge on any atom is -0.471 e. The van der Waals surface area contributed by atoms with Gasteiger partial charge in [0, 0.05) is 4.47 Å². The predicted molar refractivity (Wildman–Crippen MR) is 115 cm³/mol. The van der Waals surface area contributed by atoms with Crippen molar-refractivity contribution >= 4 is 41.8 Å². The molecule has 7 heteroatoms. The third-order valence-electron chi connectivity index (χ3n) is 6.31. The highest BCUT2D eigenvalue weighted by Gasteiger charge is 2.45. The van der Waals surface area contributed by atoms with E-state index in [1.54, 1.807) is 0 Å². The largest absolute Gasteiger partial charge is 0.471 e. The fraction of sp³-hybridized carbons (Fsp3) is 0.650. The fourth-order valence-corrected chi connectivity index (χ4v) is 5.73. The van der Waals surface area contributed by atoms with E-state index in [1.807, 2.05) is 17.9 Å². The van der Waals surface area contributed by atoms with Gasteiger partial charge in [0.25, 0.3) is 5.91 Å². The minimum atomic E-state index is -1.90. The Morgan fingerprint density at radius 3 is 2.63 bits per heavy atom. The summed E-state index contributed by atoms with van der Waals surface area (Å²) >= 11 is 9.91. The Balaban J connectivity index is 1.86. The highest BCUT2D eigenvalue weighted by Crippen LogP contribution is 2.43. The Morgan fingerprint density at radius 2 is 2.00 bits per heavy atom. The smallest absolute Gasteiger partial charge is 0.260 e. The molecule has 0 N–H and O–H groups in total. The van der Waals surface area contributed by atoms with E-state index >= 15 is 0 Å². The third-order valence-corrected chi connectivity index (χ3v) is 12.1. The van der Waals surface area contributed by atoms with Gasteiger partial charge in [-0.2, -0.15) is 0 Å². The second kappa shape index (κ2) is 7.36. The average molecular weight is 475 g/mol. The van der Waals surface area contributed by atoms with Gasteiger partial charge in [-0.25, -0.2) is 0 Å². The van der Waals surface area contributed by atoms with Crippen LogP contribution in [0.1, 0.15) is 56.0 Å². The van der Waals surface area contributed by atoms with E-state index in [0.29, 0.717) is 16.3 Å². The normalized spacial score (nSPS) is 23.4. The second-order valence-corrected chi connectivity index (χ2v) is 15.1. The lowest BCUT2D eigenvalue weighted by atomic mass is 10.1. The molecule has 3 rings (SSSR count). The first-order valence-corrected chi connectivity index (χ1v) is 13.6. The summed E-state index contributed by atoms with van der Waals surface area (Å²) in [4.78, 5) is 15.1. The molecule has 2 aliphatic rings. The Kier molecular flexibility index (Phi) is 5.76. The SMILES string of the molecule is Cc1c(Br)cc2c(c1Cl)OCN([C@H]1CCC[C@@H]1O[Si](C)(C)C(C)(C)C)C2=O. The summed E-state index contributed by atoms with van der Waals surface area (Å²) in [5, 5.41) is 0.651. The molecule has 27 heavy (non-hydrogen) atoms. The van der Waals surface area contributed by atoms with E-state index in [-0.39, 0.29) is 29.8 Å². The maximum Gasteiger partial charge on any atom is 0.260 e. The van der Waals surface area contributed by atoms with Gasteiger partial charge in [0.05, 0.1) is 22.7 Å². The first-order chi connectivity index (χ1) is 12.4. The van der Waals surface area contributed by atoms with Crippen LogP contribution < -0.4 is 4.74 Å². The molecule has 4 nitrogen and oxygen atoms in total. The van der Waals surface area contributed by atoms with Crippen LogP contribution in [0.25, 0.3) is 0 Å². The Hall–Kier alpha value is -0.563. The molecule has 0 radical (unpaired) electrons. The van der Waals surface area contributed by atoms with Crippen molar-refractivity contribution in [1.29, 1.82) is 0 Å². The van der Waals surface area contributed by atoms with Crippen LogP contribution in [0.15, 0.2) is 10.5 Å². The molecule has 150 valence electrons. The van der Waals surface area contributed by atoms with Gasteiger partial charge in [-0.15, -0.1) is 0 Å². The van der Waals surface area contributed by atoms with Crippen molar-refractivity contribution in [2.75, 3.05) is 6.73 Å². The van der Waals surface area contributed by atoms with Crippen molar-refractivity contribution in [1.82, 2.24) is 4.90 Å². The van der Waals surface area contributed by atoms with E-state index in [4.69, 9.17) is 20.8 Å². The van der Waals surface area contributed by atoms with Gasteiger partial charge in [-0.3, -0.25) is 9.69 Å². The maximum absolute atomic E-state index is 13.2. The Morgan fingerprint density at radius 1 is 1.33 bits per heavy atom. The molecule has 1 amide bonds. The number of amides is 1. The number of hydrogen-bond donors (Lipinski definition) is 0. The summed E-state index contributed by atoms with van der Waals surface area (Å²) in [6.07, 6.45) is 3.08. The van der Waals surface area contributed by atoms with Crippen molar-refractivity contribution in [3.63, 3.8) is 0 Å². The average Bonchev–Trinajstić information content (AvgIpc) is 3.00. The van der Waals surface area contributed by atoms with Crippen molar-refractivity contribution in [3.8, 4) is 5.75 Å². The molecule has 0 unspecified atom stereocenters. The number of fused-ring (bicyclic) bond motifs is 1. The standard InChI is InChI=1S/C20H29BrClNO3Si/c1-12-14(21)10-13-18(17(12)22)25-11-23(19(13)24)15-8-7-9-16(15)26-27(5,6)20(2,3)4/h10,15-16H,7-9,11H2,1-6H3/t15-,16-/m0/s1. The van der Waals surface area contributed by atoms with Gasteiger partial charge in [0.2, 0.25) is 0 Å². The number of benzene rings is 1. The van der Waals surface area contributed by atoms with Crippen molar-refractivity contribution in [2.45, 2.75) is 77.2 Å². The number of nitrogens with zero attached hydrogens (tertiary/aromatic N) is 1. The Labute approximate surface area is 176 Å². The number of halogens is 2. The van der Waals surface area contributed by atoms with Crippen LogP contribution in [0.4, 0.5) is 0 Å². The van der Waals surface area contributed by atoms with Gasteiger partial charge in [0.15, 0.2) is 20.8 Å². The predicted octanol–water partition coefficient (Wildman–Crippen LogP) is 6.15. The summed E-state index contributed by atoms with van der Waals surface area (Å²) in [7, 11) is -1.90. The molecule has 1 aliphatic carbocycles. The van der Waals surface area contributed by atoms with Crippen molar-refractivity contribution in [2.24, 2.45) is 0 Å². The number of ether oxygens (including phenoxy) is 1. The molecular weight excluding hydrogens is 446 g/mol. The summed E-state index contributed by atoms with van der Waals surface area (Å²) in [6.45, 7) is 13.4. The van der Waals surface area contributed by atoms with E-state index < -0.39 is 8.32 Å². The van der Waals surface area contributed by atoms with Crippen LogP contribution in [0.3, 0.4) is 0 Å². The highest BCUT2D eigenvalue weighted by molar-refractivity contribution is 9.10. The molecule has 0 saturated heterocycles. The molecule has 1 heterocycles. The lowest BCUT2D eigenvalue weighted by Gasteiger charge is -2.42. The van der Waals surface area contributed by atoms with Crippen LogP contribution >= 0.6 is 27.5 Å². The lowest BCUT2D eigenvalue weighted by Crippen LogP contribution is -2.53. The third kappa shape index (κ3) is 3.83. The van der Waals surface area contributed by atoms with Crippen LogP contribution in [0.2, 0.25) is 23.2 Å². The van der Waals surface area contributed by atoms with Crippen LogP contribution in [0.5, 0.6) is 5.75 Å². The lowest BCUT2D eigenvalue weighted by molar-refractivity contribution is 0.0155. The molecule has 1 aliphatic heterocycles. The molecule has 0 spiro atoms. The molecular formula is C20H29BrClNO3Si. The number of hydrogen-bond acceptors (Lipinski definition) is 3. The second-order valence-electron chi connectivity index (χ2n) is 9.14. The van der Waals surface area contributed by atoms with E-state index in [0.717, 1.165) is 29.3 Å². The first kappa shape index (κ1) is 21.2. The first-order valence-electron chi connectivity index (χ1n) is 9.54. The maximum atomic E-state index is 13.2. The van der Waals surface area contributed by atoms with Gasteiger partial charge >= 0.3 is 0 Å². The number of carbonyl (C=O) groups is 1. The summed E-state index contributed by atoms with van der Waals surface area (Å²) < 4.78 is 13.4. The van der Waals surface area contributed by atoms with E-state index in [1.165, 1.54) is 0 Å². The van der Waals surface area contributed by atoms with E-state index in [9.17, 15) is 4.79 Å². The number of rotatable bonds is 3. The zero-order chi connectivity index (χ0) is 20.1. The molecule has 1 fully saturated rings. The Bertz CT molecular complexity index is 763. The molecule has 0 bridgehead atoms. The van der Waals surface area contributed by atoms with Gasteiger partial charge < -0.3 is 9.16 Å². The minimum absolute atomic E-state index is 0.0189. The van der Waals surface area contributed by atoms with Crippen molar-refractivity contribution < 1.29 is 14.0 Å².